The van der Waals surface area contributed by atoms with Gasteiger partial charge in [-0.25, -0.2) is 0 Å². The Bertz CT molecular complexity index is 548. The summed E-state index contributed by atoms with van der Waals surface area (Å²) >= 11 is 0. The second-order valence-electron chi connectivity index (χ2n) is 7.79. The van der Waals surface area contributed by atoms with Crippen LogP contribution in [-0.2, 0) is 13.1 Å². The zero-order valence-corrected chi connectivity index (χ0v) is 19.3. The fourth-order valence-electron chi connectivity index (χ4n) is 2.83. The van der Waals surface area contributed by atoms with Crippen molar-refractivity contribution in [2.75, 3.05) is 40.8 Å². The van der Waals surface area contributed by atoms with Crippen molar-refractivity contribution in [1.29, 1.82) is 0 Å². The van der Waals surface area contributed by atoms with E-state index in [9.17, 15) is 0 Å². The molecule has 5 nitrogen and oxygen atoms in total. The quantitative estimate of drug-likeness (QED) is 0.363. The molecule has 148 valence electrons. The normalized spacial score (nSPS) is 15.8. The molecule has 0 saturated carbocycles. The first kappa shape index (κ1) is 23.2. The van der Waals surface area contributed by atoms with Gasteiger partial charge in [0.1, 0.15) is 0 Å². The molecule has 6 heteroatoms. The summed E-state index contributed by atoms with van der Waals surface area (Å²) in [4.78, 5) is 9.07. The van der Waals surface area contributed by atoms with Crippen molar-refractivity contribution in [3.8, 4) is 0 Å². The summed E-state index contributed by atoms with van der Waals surface area (Å²) in [7, 11) is 6.01. The highest BCUT2D eigenvalue weighted by molar-refractivity contribution is 14.0. The molecule has 1 aliphatic heterocycles. The highest BCUT2D eigenvalue weighted by atomic mass is 127. The number of hydrogen-bond donors (Lipinski definition) is 2. The van der Waals surface area contributed by atoms with Crippen LogP contribution in [0.15, 0.2) is 29.3 Å². The number of nitrogens with one attached hydrogen (secondary N) is 2. The number of nitrogens with zero attached hydrogens (tertiary/aromatic N) is 3. The number of likely N-dealkylation sites (N-methyl/N-ethyl adjacent to an activating group) is 1. The van der Waals surface area contributed by atoms with Crippen molar-refractivity contribution in [3.05, 3.63) is 35.4 Å². The first-order valence-corrected chi connectivity index (χ1v) is 9.33. The van der Waals surface area contributed by atoms with E-state index in [1.807, 2.05) is 7.05 Å². The smallest absolute Gasteiger partial charge is 0.191 e. The van der Waals surface area contributed by atoms with Crippen LogP contribution in [0, 0.1) is 0 Å². The minimum atomic E-state index is 0. The molecule has 1 aromatic carbocycles. The lowest BCUT2D eigenvalue weighted by atomic mass is 10.0. The van der Waals surface area contributed by atoms with E-state index in [1.54, 1.807) is 0 Å². The van der Waals surface area contributed by atoms with Gasteiger partial charge in [0, 0.05) is 32.2 Å². The lowest BCUT2D eigenvalue weighted by Crippen LogP contribution is -2.50. The lowest BCUT2D eigenvalue weighted by Gasteiger charge is -2.33. The van der Waals surface area contributed by atoms with Crippen molar-refractivity contribution < 1.29 is 0 Å². The Morgan fingerprint density at radius 2 is 1.65 bits per heavy atom. The van der Waals surface area contributed by atoms with Crippen LogP contribution in [-0.4, -0.2) is 62.1 Å². The number of benzene rings is 1. The number of halogens is 1. The first-order chi connectivity index (χ1) is 11.9. The van der Waals surface area contributed by atoms with E-state index in [2.05, 4.69) is 77.6 Å². The number of guanidine groups is 1. The topological polar surface area (TPSA) is 42.9 Å². The molecule has 1 aliphatic rings. The molecule has 0 radical (unpaired) electrons. The maximum atomic E-state index is 4.32. The van der Waals surface area contributed by atoms with Crippen molar-refractivity contribution in [2.24, 2.45) is 4.99 Å². The second kappa shape index (κ2) is 11.1. The highest BCUT2D eigenvalue weighted by Crippen LogP contribution is 2.13. The number of likely N-dealkylation sites (tertiary alicyclic amines) is 1. The van der Waals surface area contributed by atoms with Crippen LogP contribution in [0.25, 0.3) is 0 Å². The van der Waals surface area contributed by atoms with Gasteiger partial charge in [0.2, 0.25) is 0 Å². The monoisotopic (exact) mass is 473 g/mol. The Kier molecular flexibility index (Phi) is 9.89. The Morgan fingerprint density at radius 1 is 1.08 bits per heavy atom. The molecule has 2 N–H and O–H groups in total. The van der Waals surface area contributed by atoms with Gasteiger partial charge in [-0.3, -0.25) is 9.89 Å². The third-order valence-corrected chi connectivity index (χ3v) is 5.21. The summed E-state index contributed by atoms with van der Waals surface area (Å²) in [6.07, 6.45) is 2.69. The highest BCUT2D eigenvalue weighted by Gasteiger charge is 2.20. The van der Waals surface area contributed by atoms with E-state index in [0.29, 0.717) is 0 Å². The molecule has 1 aromatic rings. The van der Waals surface area contributed by atoms with Crippen molar-refractivity contribution in [2.45, 2.75) is 45.3 Å². The molecule has 0 atom stereocenters. The minimum absolute atomic E-state index is 0. The van der Waals surface area contributed by atoms with E-state index in [-0.39, 0.29) is 29.5 Å². The molecule has 1 fully saturated rings. The van der Waals surface area contributed by atoms with Gasteiger partial charge in [-0.1, -0.05) is 24.3 Å². The largest absolute Gasteiger partial charge is 0.355 e. The van der Waals surface area contributed by atoms with Crippen molar-refractivity contribution in [3.63, 3.8) is 0 Å². The van der Waals surface area contributed by atoms with Gasteiger partial charge in [-0.15, -0.1) is 24.0 Å². The maximum Gasteiger partial charge on any atom is 0.191 e. The molecule has 1 saturated heterocycles. The molecule has 0 spiro atoms. The minimum Gasteiger partial charge on any atom is -0.355 e. The van der Waals surface area contributed by atoms with Crippen LogP contribution in [0.4, 0.5) is 0 Å². The van der Waals surface area contributed by atoms with Crippen LogP contribution in [0.5, 0.6) is 0 Å². The van der Waals surface area contributed by atoms with Crippen LogP contribution in [0.1, 0.15) is 37.8 Å². The average Bonchev–Trinajstić information content (AvgIpc) is 3.09. The molecule has 2 rings (SSSR count). The molecule has 0 bridgehead atoms. The standard InChI is InChI=1S/C20H35N5.HI/c1-20(2,24(4)5)16-23-19(21-3)22-14-17-8-10-18(11-9-17)15-25-12-6-7-13-25;/h8-11H,6-7,12-16H2,1-5H3,(H2,21,22,23);1H. The van der Waals surface area contributed by atoms with E-state index in [1.165, 1.54) is 37.1 Å². The molecule has 0 unspecified atom stereocenters. The van der Waals surface area contributed by atoms with E-state index < -0.39 is 0 Å². The molecular weight excluding hydrogens is 437 g/mol. The summed E-state index contributed by atoms with van der Waals surface area (Å²) in [5.74, 6) is 0.844. The van der Waals surface area contributed by atoms with Gasteiger partial charge in [0.15, 0.2) is 5.96 Å². The third kappa shape index (κ3) is 7.40. The Morgan fingerprint density at radius 3 is 2.19 bits per heavy atom. The second-order valence-corrected chi connectivity index (χ2v) is 7.79. The van der Waals surface area contributed by atoms with Gasteiger partial charge in [-0.05, 0) is 65.0 Å². The van der Waals surface area contributed by atoms with Crippen LogP contribution in [0.3, 0.4) is 0 Å². The predicted molar refractivity (Wildman–Crippen MR) is 122 cm³/mol. The fourth-order valence-corrected chi connectivity index (χ4v) is 2.83. The lowest BCUT2D eigenvalue weighted by molar-refractivity contribution is 0.197. The predicted octanol–water partition coefficient (Wildman–Crippen LogP) is 2.91. The summed E-state index contributed by atoms with van der Waals surface area (Å²) in [5, 5.41) is 6.81. The summed E-state index contributed by atoms with van der Waals surface area (Å²) in [6.45, 7) is 9.62. The van der Waals surface area contributed by atoms with E-state index >= 15 is 0 Å². The zero-order chi connectivity index (χ0) is 18.3. The van der Waals surface area contributed by atoms with Gasteiger partial charge >= 0.3 is 0 Å². The van der Waals surface area contributed by atoms with Crippen LogP contribution < -0.4 is 10.6 Å². The molecule has 1 heterocycles. The number of hydrogen-bond acceptors (Lipinski definition) is 3. The van der Waals surface area contributed by atoms with Crippen LogP contribution >= 0.6 is 24.0 Å². The average molecular weight is 473 g/mol. The molecule has 0 amide bonds. The van der Waals surface area contributed by atoms with E-state index in [4.69, 9.17) is 0 Å². The van der Waals surface area contributed by atoms with E-state index in [0.717, 1.165) is 25.6 Å². The number of rotatable bonds is 7. The Hall–Kier alpha value is -0.860. The van der Waals surface area contributed by atoms with Crippen molar-refractivity contribution in [1.82, 2.24) is 20.4 Å². The third-order valence-electron chi connectivity index (χ3n) is 5.21. The van der Waals surface area contributed by atoms with Gasteiger partial charge in [0.05, 0.1) is 0 Å². The summed E-state index contributed by atoms with van der Waals surface area (Å²) in [6, 6.07) is 8.94. The first-order valence-electron chi connectivity index (χ1n) is 9.33. The Labute approximate surface area is 176 Å². The van der Waals surface area contributed by atoms with Crippen LogP contribution in [0.2, 0.25) is 0 Å². The van der Waals surface area contributed by atoms with Gasteiger partial charge < -0.3 is 15.5 Å². The molecule has 0 aliphatic carbocycles. The summed E-state index contributed by atoms with van der Waals surface area (Å²) < 4.78 is 0. The molecular formula is C20H36IN5. The molecule has 26 heavy (non-hydrogen) atoms. The number of aliphatic imine (C=N–C) groups is 1. The summed E-state index contributed by atoms with van der Waals surface area (Å²) in [5.41, 5.74) is 2.76. The van der Waals surface area contributed by atoms with Crippen molar-refractivity contribution >= 4 is 29.9 Å². The fraction of sp³-hybridized carbons (Fsp3) is 0.650. The molecule has 0 aromatic heterocycles. The van der Waals surface area contributed by atoms with Gasteiger partial charge in [-0.2, -0.15) is 0 Å². The Balaban J connectivity index is 0.00000338. The maximum absolute atomic E-state index is 4.32. The zero-order valence-electron chi connectivity index (χ0n) is 17.0. The SMILES string of the molecule is CN=C(NCc1ccc(CN2CCCC2)cc1)NCC(C)(C)N(C)C.I. The van der Waals surface area contributed by atoms with Gasteiger partial charge in [0.25, 0.3) is 0 Å².